The fraction of sp³-hybridized carbons (Fsp3) is 1.00. The van der Waals surface area contributed by atoms with Gasteiger partial charge in [0.1, 0.15) is 11.0 Å². The third-order valence-corrected chi connectivity index (χ3v) is 15.2. The van der Waals surface area contributed by atoms with Crippen molar-refractivity contribution in [3.05, 3.63) is 0 Å². The van der Waals surface area contributed by atoms with Gasteiger partial charge in [-0.3, -0.25) is 0 Å². The Labute approximate surface area is 219 Å². The number of halogens is 1. The van der Waals surface area contributed by atoms with E-state index in [0.29, 0.717) is 27.1 Å². The Hall–Kier alpha value is 1.04. The Morgan fingerprint density at radius 1 is 0.875 bits per heavy atom. The van der Waals surface area contributed by atoms with Crippen LogP contribution in [0.1, 0.15) is 106 Å². The van der Waals surface area contributed by atoms with Crippen molar-refractivity contribution < 1.29 is 29.1 Å². The van der Waals surface area contributed by atoms with Crippen LogP contribution in [0.25, 0.3) is 0 Å². The van der Waals surface area contributed by atoms with Crippen molar-refractivity contribution in [1.82, 2.24) is 0 Å². The molecule has 5 aliphatic carbocycles. The molecule has 2 spiro atoms. The summed E-state index contributed by atoms with van der Waals surface area (Å²) in [6.07, 6.45) is 16.7. The van der Waals surface area contributed by atoms with Crippen molar-refractivity contribution in [1.29, 1.82) is 0 Å². The molecule has 0 aromatic carbocycles. The molecule has 186 valence electrons. The van der Waals surface area contributed by atoms with Gasteiger partial charge in [0.05, 0.1) is 12.4 Å². The summed E-state index contributed by atoms with van der Waals surface area (Å²) < 4.78 is 0. The SMILES string of the molecule is CC(C)[S+](C)CC[C@@H](C)[C@H]1CC[C@H]2[C@@H]3CC[C@H]4C(C)(C)[C@@H](O)CC[C@@]45C[C@@]35CC[C@]12C.[I-]. The minimum atomic E-state index is -0.0724. The van der Waals surface area contributed by atoms with Crippen molar-refractivity contribution in [2.75, 3.05) is 12.0 Å². The molecular weight excluding hydrogens is 523 g/mol. The van der Waals surface area contributed by atoms with Gasteiger partial charge in [0, 0.05) is 0 Å². The first-order valence-corrected chi connectivity index (χ1v) is 15.7. The Kier molecular flexibility index (Phi) is 6.99. The van der Waals surface area contributed by atoms with E-state index in [4.69, 9.17) is 0 Å². The second-order valence-electron chi connectivity index (χ2n) is 14.1. The summed E-state index contributed by atoms with van der Waals surface area (Å²) in [4.78, 5) is 0. The first-order valence-electron chi connectivity index (χ1n) is 13.8. The molecule has 0 aromatic heterocycles. The second kappa shape index (κ2) is 8.56. The van der Waals surface area contributed by atoms with E-state index in [2.05, 4.69) is 47.8 Å². The van der Waals surface area contributed by atoms with E-state index in [0.717, 1.165) is 41.3 Å². The van der Waals surface area contributed by atoms with E-state index in [9.17, 15) is 5.11 Å². The molecule has 10 atom stereocenters. The van der Waals surface area contributed by atoms with Crippen LogP contribution in [-0.2, 0) is 10.9 Å². The number of hydrogen-bond acceptors (Lipinski definition) is 1. The number of hydrogen-bond donors (Lipinski definition) is 1. The predicted molar refractivity (Wildman–Crippen MR) is 135 cm³/mol. The summed E-state index contributed by atoms with van der Waals surface area (Å²) in [6.45, 7) is 15.0. The van der Waals surface area contributed by atoms with Crippen LogP contribution in [0.5, 0.6) is 0 Å². The van der Waals surface area contributed by atoms with Crippen LogP contribution in [0.3, 0.4) is 0 Å². The van der Waals surface area contributed by atoms with Gasteiger partial charge >= 0.3 is 0 Å². The van der Waals surface area contributed by atoms with Gasteiger partial charge in [0.2, 0.25) is 0 Å². The predicted octanol–water partition coefficient (Wildman–Crippen LogP) is 4.08. The van der Waals surface area contributed by atoms with Gasteiger partial charge in [-0.15, -0.1) is 0 Å². The highest BCUT2D eigenvalue weighted by molar-refractivity contribution is 7.96. The van der Waals surface area contributed by atoms with E-state index >= 15 is 0 Å². The van der Waals surface area contributed by atoms with Crippen molar-refractivity contribution in [3.8, 4) is 0 Å². The lowest BCUT2D eigenvalue weighted by Crippen LogP contribution is -3.00. The van der Waals surface area contributed by atoms with E-state index in [-0.39, 0.29) is 35.5 Å². The van der Waals surface area contributed by atoms with Gasteiger partial charge in [-0.1, -0.05) is 27.7 Å². The summed E-state index contributed by atoms with van der Waals surface area (Å²) in [5, 5.41) is 11.7. The van der Waals surface area contributed by atoms with Crippen LogP contribution in [-0.4, -0.2) is 28.5 Å². The average Bonchev–Trinajstić information content (AvgIpc) is 3.25. The Morgan fingerprint density at radius 2 is 1.56 bits per heavy atom. The molecule has 0 aromatic rings. The second-order valence-corrected chi connectivity index (χ2v) is 16.8. The van der Waals surface area contributed by atoms with Crippen molar-refractivity contribution >= 4 is 10.9 Å². The number of aliphatic hydroxyl groups excluding tert-OH is 1. The summed E-state index contributed by atoms with van der Waals surface area (Å²) in [6, 6.07) is 0. The van der Waals surface area contributed by atoms with E-state index in [1.54, 1.807) is 0 Å². The smallest absolute Gasteiger partial charge is 0.112 e. The van der Waals surface area contributed by atoms with Gasteiger partial charge in [0.15, 0.2) is 0 Å². The van der Waals surface area contributed by atoms with Crippen molar-refractivity contribution in [2.24, 2.45) is 51.2 Å². The first-order chi connectivity index (χ1) is 14.5. The zero-order valence-corrected chi connectivity index (χ0v) is 25.0. The minimum Gasteiger partial charge on any atom is -1.00 e. The molecule has 5 saturated carbocycles. The summed E-state index contributed by atoms with van der Waals surface area (Å²) in [7, 11) is 0.591. The van der Waals surface area contributed by atoms with Gasteiger partial charge in [-0.2, -0.15) is 0 Å². The number of aliphatic hydroxyl groups is 1. The molecule has 5 aliphatic rings. The molecule has 5 rings (SSSR count). The quantitative estimate of drug-likeness (QED) is 0.388. The van der Waals surface area contributed by atoms with Crippen LogP contribution in [0.2, 0.25) is 0 Å². The van der Waals surface area contributed by atoms with E-state index < -0.39 is 0 Å². The summed E-state index contributed by atoms with van der Waals surface area (Å²) >= 11 is 0. The van der Waals surface area contributed by atoms with Crippen molar-refractivity contribution in [3.63, 3.8) is 0 Å². The zero-order chi connectivity index (χ0) is 22.4. The monoisotopic (exact) mass is 574 g/mol. The Balaban J connectivity index is 0.00000245. The average molecular weight is 575 g/mol. The topological polar surface area (TPSA) is 20.2 Å². The van der Waals surface area contributed by atoms with Crippen LogP contribution < -0.4 is 24.0 Å². The molecule has 0 saturated heterocycles. The standard InChI is InChI=1S/C29H51OS.HI/c1-19(2)31(7)17-13-20(3)21-8-9-22-23-10-11-24-26(4,5)25(30)12-14-29(24)18-28(23,29)16-15-27(21,22)6;/h19-25,30H,8-18H2,1-7H3;1H/q+1;/p-1/t20-,21-,22+,23+,24+,25+,27-,28+,29-,31?;/m1./s1. The summed E-state index contributed by atoms with van der Waals surface area (Å²) in [5.41, 5.74) is 2.02. The zero-order valence-electron chi connectivity index (χ0n) is 22.1. The van der Waals surface area contributed by atoms with Gasteiger partial charge < -0.3 is 29.1 Å². The van der Waals surface area contributed by atoms with E-state index in [1.165, 1.54) is 63.5 Å². The normalized spacial score (nSPS) is 50.3. The van der Waals surface area contributed by atoms with Crippen LogP contribution >= 0.6 is 0 Å². The molecule has 5 fully saturated rings. The molecular formula is C29H51IOS. The molecule has 0 radical (unpaired) electrons. The van der Waals surface area contributed by atoms with Crippen LogP contribution in [0.15, 0.2) is 0 Å². The highest BCUT2D eigenvalue weighted by atomic mass is 127. The van der Waals surface area contributed by atoms with Gasteiger partial charge in [0.25, 0.3) is 0 Å². The van der Waals surface area contributed by atoms with Crippen LogP contribution in [0.4, 0.5) is 0 Å². The molecule has 1 nitrogen and oxygen atoms in total. The maximum Gasteiger partial charge on any atom is 0.112 e. The highest BCUT2D eigenvalue weighted by Crippen LogP contribution is 2.87. The molecule has 0 aliphatic heterocycles. The molecule has 3 heteroatoms. The molecule has 32 heavy (non-hydrogen) atoms. The largest absolute Gasteiger partial charge is 1.00 e. The van der Waals surface area contributed by atoms with E-state index in [1.807, 2.05) is 0 Å². The Morgan fingerprint density at radius 3 is 2.25 bits per heavy atom. The van der Waals surface area contributed by atoms with Crippen LogP contribution in [0, 0.1) is 51.2 Å². The van der Waals surface area contributed by atoms with Gasteiger partial charge in [-0.25, -0.2) is 0 Å². The maximum atomic E-state index is 10.8. The lowest BCUT2D eigenvalue weighted by molar-refractivity contribution is -0.133. The molecule has 0 heterocycles. The lowest BCUT2D eigenvalue weighted by Gasteiger charge is -2.59. The summed E-state index contributed by atoms with van der Waals surface area (Å²) in [5.74, 6) is 6.10. The highest BCUT2D eigenvalue weighted by Gasteiger charge is 2.80. The third-order valence-electron chi connectivity index (χ3n) is 12.7. The lowest BCUT2D eigenvalue weighted by atomic mass is 9.46. The fourth-order valence-electron chi connectivity index (χ4n) is 10.7. The Bertz CT molecular complexity index is 707. The maximum absolute atomic E-state index is 10.8. The number of fused-ring (bicyclic) bond motifs is 2. The molecule has 1 N–H and O–H groups in total. The molecule has 1 unspecified atom stereocenters. The minimum absolute atomic E-state index is 0. The number of rotatable bonds is 5. The molecule has 0 amide bonds. The van der Waals surface area contributed by atoms with Crippen molar-refractivity contribution in [2.45, 2.75) is 117 Å². The fourth-order valence-corrected chi connectivity index (χ4v) is 11.9. The third kappa shape index (κ3) is 3.46. The van der Waals surface area contributed by atoms with Gasteiger partial charge in [-0.05, 0) is 140 Å². The first kappa shape index (κ1) is 26.1. The molecule has 0 bridgehead atoms.